The minimum absolute atomic E-state index is 0. The highest BCUT2D eigenvalue weighted by Gasteiger charge is 2.34. The van der Waals surface area contributed by atoms with Crippen LogP contribution in [0.25, 0.3) is 10.9 Å². The van der Waals surface area contributed by atoms with Crippen LogP contribution >= 0.6 is 12.4 Å². The summed E-state index contributed by atoms with van der Waals surface area (Å²) in [5.74, 6) is 0.0315. The Kier molecular flexibility index (Phi) is 5.56. The molecule has 0 spiro atoms. The third-order valence-corrected chi connectivity index (χ3v) is 4.57. The van der Waals surface area contributed by atoms with Gasteiger partial charge in [0.25, 0.3) is 5.56 Å². The molecule has 2 N–H and O–H groups in total. The summed E-state index contributed by atoms with van der Waals surface area (Å²) in [6.45, 7) is 4.32. The molecule has 1 aliphatic heterocycles. The summed E-state index contributed by atoms with van der Waals surface area (Å²) in [6.07, 6.45) is 1.17. The van der Waals surface area contributed by atoms with Gasteiger partial charge in [-0.15, -0.1) is 17.5 Å². The first-order chi connectivity index (χ1) is 11.0. The van der Waals surface area contributed by atoms with Gasteiger partial charge in [-0.1, -0.05) is 24.3 Å². The van der Waals surface area contributed by atoms with Crippen molar-refractivity contribution in [3.05, 3.63) is 34.6 Å². The van der Waals surface area contributed by atoms with Crippen molar-refractivity contribution in [3.8, 4) is 0 Å². The predicted molar refractivity (Wildman–Crippen MR) is 94.0 cm³/mol. The van der Waals surface area contributed by atoms with Crippen molar-refractivity contribution in [2.45, 2.75) is 26.3 Å². The second-order valence-electron chi connectivity index (χ2n) is 6.46. The molecule has 1 fully saturated rings. The number of halogens is 1. The minimum atomic E-state index is -0.211. The van der Waals surface area contributed by atoms with Gasteiger partial charge in [0.2, 0.25) is 5.91 Å². The van der Waals surface area contributed by atoms with Crippen LogP contribution in [0.2, 0.25) is 0 Å². The van der Waals surface area contributed by atoms with Gasteiger partial charge in [0.05, 0.1) is 11.9 Å². The van der Waals surface area contributed by atoms with E-state index in [2.05, 4.69) is 17.2 Å². The number of rotatable bonds is 4. The molecule has 130 valence electrons. The van der Waals surface area contributed by atoms with E-state index < -0.39 is 0 Å². The van der Waals surface area contributed by atoms with Crippen LogP contribution in [0, 0.1) is 5.41 Å². The molecule has 3 rings (SSSR count). The molecule has 1 aromatic heterocycles. The molecule has 1 amide bonds. The van der Waals surface area contributed by atoms with Crippen LogP contribution in [0.4, 0.5) is 0 Å². The van der Waals surface area contributed by atoms with Crippen molar-refractivity contribution in [1.82, 2.24) is 19.9 Å². The molecule has 1 aliphatic rings. The molecule has 0 radical (unpaired) electrons. The fraction of sp³-hybridized carbons (Fsp3) is 0.500. The summed E-state index contributed by atoms with van der Waals surface area (Å²) >= 11 is 0. The maximum atomic E-state index is 12.3. The van der Waals surface area contributed by atoms with Crippen LogP contribution in [0.5, 0.6) is 0 Å². The van der Waals surface area contributed by atoms with Crippen molar-refractivity contribution in [2.24, 2.45) is 11.1 Å². The highest BCUT2D eigenvalue weighted by atomic mass is 35.5. The highest BCUT2D eigenvalue weighted by Crippen LogP contribution is 2.28. The molecule has 0 bridgehead atoms. The standard InChI is InChI=1S/C16H21N5O2.ClH/c1-16(10-17)7-9-20(11-16)14(22)6-8-21-15(23)12-4-2-3-5-13(12)18-19-21;/h2-5H,6-11,17H2,1H3;1H. The number of amides is 1. The predicted octanol–water partition coefficient (Wildman–Crippen LogP) is 0.801. The van der Waals surface area contributed by atoms with Gasteiger partial charge in [-0.3, -0.25) is 9.59 Å². The average Bonchev–Trinajstić information content (AvgIpc) is 2.97. The Balaban J connectivity index is 0.00000208. The molecule has 2 aromatic rings. The number of hydrogen-bond donors (Lipinski definition) is 1. The molecule has 1 saturated heterocycles. The number of fused-ring (bicyclic) bond motifs is 1. The third kappa shape index (κ3) is 3.57. The normalized spacial score (nSPS) is 20.2. The Bertz CT molecular complexity index is 793. The second kappa shape index (κ2) is 7.27. The fourth-order valence-electron chi connectivity index (χ4n) is 2.93. The van der Waals surface area contributed by atoms with E-state index in [1.165, 1.54) is 4.68 Å². The summed E-state index contributed by atoms with van der Waals surface area (Å²) < 4.78 is 1.26. The molecule has 0 aliphatic carbocycles. The van der Waals surface area contributed by atoms with Crippen LogP contribution in [-0.4, -0.2) is 45.4 Å². The van der Waals surface area contributed by atoms with E-state index in [4.69, 9.17) is 5.73 Å². The molecule has 0 saturated carbocycles. The van der Waals surface area contributed by atoms with Gasteiger partial charge in [0.1, 0.15) is 5.52 Å². The second-order valence-corrected chi connectivity index (χ2v) is 6.46. The number of carbonyl (C=O) groups excluding carboxylic acids is 1. The van der Waals surface area contributed by atoms with Crippen molar-refractivity contribution in [1.29, 1.82) is 0 Å². The van der Waals surface area contributed by atoms with Crippen molar-refractivity contribution in [2.75, 3.05) is 19.6 Å². The molecule has 1 aromatic carbocycles. The number of benzene rings is 1. The van der Waals surface area contributed by atoms with Gasteiger partial charge in [-0.05, 0) is 30.5 Å². The van der Waals surface area contributed by atoms with E-state index in [0.717, 1.165) is 13.0 Å². The number of aromatic nitrogens is 3. The van der Waals surface area contributed by atoms with Gasteiger partial charge in [-0.2, -0.15) is 0 Å². The number of likely N-dealkylation sites (tertiary alicyclic amines) is 1. The minimum Gasteiger partial charge on any atom is -0.342 e. The average molecular weight is 352 g/mol. The van der Waals surface area contributed by atoms with E-state index in [1.807, 2.05) is 11.0 Å². The quantitative estimate of drug-likeness (QED) is 0.879. The van der Waals surface area contributed by atoms with Crippen LogP contribution in [0.15, 0.2) is 29.1 Å². The number of nitrogens with two attached hydrogens (primary N) is 1. The first-order valence-electron chi connectivity index (χ1n) is 7.83. The summed E-state index contributed by atoms with van der Waals surface area (Å²) in [5, 5.41) is 8.46. The Hall–Kier alpha value is -1.99. The SMILES string of the molecule is CC1(CN)CCN(C(=O)CCn2nnc3ccccc3c2=O)C1.Cl. The maximum absolute atomic E-state index is 12.3. The van der Waals surface area contributed by atoms with Gasteiger partial charge >= 0.3 is 0 Å². The zero-order valence-corrected chi connectivity index (χ0v) is 14.5. The summed E-state index contributed by atoms with van der Waals surface area (Å²) in [7, 11) is 0. The van der Waals surface area contributed by atoms with Crippen molar-refractivity contribution in [3.63, 3.8) is 0 Å². The fourth-order valence-corrected chi connectivity index (χ4v) is 2.93. The summed E-state index contributed by atoms with van der Waals surface area (Å²) in [5.41, 5.74) is 6.13. The number of hydrogen-bond acceptors (Lipinski definition) is 5. The van der Waals surface area contributed by atoms with Crippen molar-refractivity contribution >= 4 is 29.2 Å². The zero-order chi connectivity index (χ0) is 16.4. The molecule has 7 nitrogen and oxygen atoms in total. The Morgan fingerprint density at radius 3 is 2.83 bits per heavy atom. The Morgan fingerprint density at radius 1 is 1.38 bits per heavy atom. The van der Waals surface area contributed by atoms with Gasteiger partial charge in [0.15, 0.2) is 0 Å². The van der Waals surface area contributed by atoms with Gasteiger partial charge in [0, 0.05) is 19.5 Å². The molecule has 1 unspecified atom stereocenters. The van der Waals surface area contributed by atoms with Crippen LogP contribution in [-0.2, 0) is 11.3 Å². The third-order valence-electron chi connectivity index (χ3n) is 4.57. The monoisotopic (exact) mass is 351 g/mol. The first kappa shape index (κ1) is 18.4. The lowest BCUT2D eigenvalue weighted by Crippen LogP contribution is -2.35. The smallest absolute Gasteiger partial charge is 0.277 e. The highest BCUT2D eigenvalue weighted by molar-refractivity contribution is 5.85. The molecule has 2 heterocycles. The first-order valence-corrected chi connectivity index (χ1v) is 7.83. The molecule has 1 atom stereocenters. The molecule has 8 heteroatoms. The van der Waals surface area contributed by atoms with Crippen molar-refractivity contribution < 1.29 is 4.79 Å². The van der Waals surface area contributed by atoms with E-state index in [-0.39, 0.29) is 42.3 Å². The lowest BCUT2D eigenvalue weighted by Gasteiger charge is -2.22. The molecular formula is C16H22ClN5O2. The van der Waals surface area contributed by atoms with Gasteiger partial charge < -0.3 is 10.6 Å². The van der Waals surface area contributed by atoms with Crippen LogP contribution < -0.4 is 11.3 Å². The van der Waals surface area contributed by atoms with Crippen LogP contribution in [0.3, 0.4) is 0 Å². The maximum Gasteiger partial charge on any atom is 0.277 e. The Morgan fingerprint density at radius 2 is 2.12 bits per heavy atom. The topological polar surface area (TPSA) is 94.1 Å². The zero-order valence-electron chi connectivity index (χ0n) is 13.6. The summed E-state index contributed by atoms with van der Waals surface area (Å²) in [4.78, 5) is 26.5. The van der Waals surface area contributed by atoms with E-state index in [1.54, 1.807) is 18.2 Å². The Labute approximate surface area is 146 Å². The van der Waals surface area contributed by atoms with E-state index in [9.17, 15) is 9.59 Å². The number of nitrogens with zero attached hydrogens (tertiary/aromatic N) is 4. The number of aryl methyl sites for hydroxylation is 1. The van der Waals surface area contributed by atoms with E-state index >= 15 is 0 Å². The van der Waals surface area contributed by atoms with Gasteiger partial charge in [-0.25, -0.2) is 4.68 Å². The van der Waals surface area contributed by atoms with Crippen LogP contribution in [0.1, 0.15) is 19.8 Å². The lowest BCUT2D eigenvalue weighted by molar-refractivity contribution is -0.130. The lowest BCUT2D eigenvalue weighted by atomic mass is 9.90. The van der Waals surface area contributed by atoms with E-state index in [0.29, 0.717) is 24.0 Å². The molecule has 24 heavy (non-hydrogen) atoms. The summed E-state index contributed by atoms with van der Waals surface area (Å²) in [6, 6.07) is 7.07. The molecular weight excluding hydrogens is 330 g/mol. The number of carbonyl (C=O) groups is 1. The largest absolute Gasteiger partial charge is 0.342 e.